The van der Waals surface area contributed by atoms with Gasteiger partial charge < -0.3 is 10.5 Å². The summed E-state index contributed by atoms with van der Waals surface area (Å²) in [6.07, 6.45) is -0.148. The van der Waals surface area contributed by atoms with E-state index in [9.17, 15) is 13.6 Å². The van der Waals surface area contributed by atoms with Gasteiger partial charge in [-0.3, -0.25) is 4.79 Å². The lowest BCUT2D eigenvalue weighted by Crippen LogP contribution is -2.01. The maximum Gasteiger partial charge on any atom is 0.317 e. The molecule has 1 aromatic rings. The Labute approximate surface area is 97.6 Å². The Morgan fingerprint density at radius 1 is 1.41 bits per heavy atom. The van der Waals surface area contributed by atoms with Gasteiger partial charge in [0.05, 0.1) is 17.9 Å². The Kier molecular flexibility index (Phi) is 4.46. The van der Waals surface area contributed by atoms with E-state index in [4.69, 9.17) is 5.73 Å². The molecule has 0 spiro atoms. The molecule has 0 aliphatic rings. The molecule has 17 heavy (non-hydrogen) atoms. The number of nitrogen functional groups attached to an aromatic ring is 1. The molecule has 0 radical (unpaired) electrons. The molecule has 2 N–H and O–H groups in total. The first-order valence-electron chi connectivity index (χ1n) is 4.93. The number of rotatable bonds is 2. The second kappa shape index (κ2) is 5.85. The smallest absolute Gasteiger partial charge is 0.317 e. The monoisotopic (exact) mass is 239 g/mol. The quantitative estimate of drug-likeness (QED) is 0.487. The highest BCUT2D eigenvalue weighted by molar-refractivity contribution is 5.72. The van der Waals surface area contributed by atoms with Crippen LogP contribution in [-0.4, -0.2) is 12.6 Å². The van der Waals surface area contributed by atoms with Crippen molar-refractivity contribution in [2.24, 2.45) is 0 Å². The first-order chi connectivity index (χ1) is 8.04. The van der Waals surface area contributed by atoms with Crippen molar-refractivity contribution >= 4 is 11.7 Å². The number of anilines is 1. The van der Waals surface area contributed by atoms with Crippen LogP contribution in [0.5, 0.6) is 0 Å². The topological polar surface area (TPSA) is 52.3 Å². The van der Waals surface area contributed by atoms with E-state index in [-0.39, 0.29) is 24.3 Å². The number of hydrogen-bond acceptors (Lipinski definition) is 3. The molecule has 0 aliphatic heterocycles. The van der Waals surface area contributed by atoms with Crippen LogP contribution >= 0.6 is 0 Å². The van der Waals surface area contributed by atoms with Gasteiger partial charge in [-0.05, 0) is 13.0 Å². The van der Waals surface area contributed by atoms with Crippen LogP contribution in [0.3, 0.4) is 0 Å². The van der Waals surface area contributed by atoms with E-state index in [0.29, 0.717) is 6.07 Å². The highest BCUT2D eigenvalue weighted by Crippen LogP contribution is 2.15. The van der Waals surface area contributed by atoms with Crippen molar-refractivity contribution < 1.29 is 18.3 Å². The van der Waals surface area contributed by atoms with Gasteiger partial charge in [-0.2, -0.15) is 0 Å². The molecule has 0 amide bonds. The Balaban J connectivity index is 2.79. The summed E-state index contributed by atoms with van der Waals surface area (Å²) in [5, 5.41) is 0. The molecular formula is C12H11F2NO2. The van der Waals surface area contributed by atoms with Crippen molar-refractivity contribution in [2.45, 2.75) is 13.3 Å². The molecule has 0 bridgehead atoms. The third-order valence-corrected chi connectivity index (χ3v) is 1.85. The number of carbonyl (C=O) groups is 1. The van der Waals surface area contributed by atoms with Gasteiger partial charge in [-0.1, -0.05) is 11.8 Å². The number of carbonyl (C=O) groups excluding carboxylic acids is 1. The first kappa shape index (κ1) is 13.0. The van der Waals surface area contributed by atoms with Crippen LogP contribution in [0.1, 0.15) is 18.9 Å². The number of hydrogen-bond donors (Lipinski definition) is 1. The molecule has 0 aromatic heterocycles. The molecule has 0 fully saturated rings. The predicted octanol–water partition coefficient (Wildman–Crippen LogP) is 1.85. The van der Waals surface area contributed by atoms with Crippen molar-refractivity contribution in [3.63, 3.8) is 0 Å². The fourth-order valence-corrected chi connectivity index (χ4v) is 1.09. The molecule has 3 nitrogen and oxygen atoms in total. The van der Waals surface area contributed by atoms with E-state index in [0.717, 1.165) is 6.07 Å². The van der Waals surface area contributed by atoms with E-state index in [1.165, 1.54) is 0 Å². The molecule has 90 valence electrons. The second-order valence-corrected chi connectivity index (χ2v) is 3.14. The maximum atomic E-state index is 13.2. The molecular weight excluding hydrogens is 228 g/mol. The second-order valence-electron chi connectivity index (χ2n) is 3.14. The number of benzene rings is 1. The molecule has 1 rings (SSSR count). The Morgan fingerprint density at radius 3 is 2.76 bits per heavy atom. The zero-order valence-electron chi connectivity index (χ0n) is 9.22. The van der Waals surface area contributed by atoms with Crippen LogP contribution in [0.4, 0.5) is 14.5 Å². The standard InChI is InChI=1S/C12H11F2NO2/c1-2-17-12(16)5-3-4-8-6-11(15)10(14)7-9(8)13/h6-7H,2,5,15H2,1H3. The van der Waals surface area contributed by atoms with Crippen molar-refractivity contribution in [1.29, 1.82) is 0 Å². The van der Waals surface area contributed by atoms with Crippen LogP contribution in [0, 0.1) is 23.5 Å². The summed E-state index contributed by atoms with van der Waals surface area (Å²) in [5.74, 6) is 2.69. The van der Waals surface area contributed by atoms with Gasteiger partial charge in [0.15, 0.2) is 0 Å². The lowest BCUT2D eigenvalue weighted by molar-refractivity contribution is -0.141. The number of halogens is 2. The zero-order chi connectivity index (χ0) is 12.8. The Hall–Kier alpha value is -2.09. The molecule has 5 heteroatoms. The molecule has 0 atom stereocenters. The van der Waals surface area contributed by atoms with Gasteiger partial charge in [0.25, 0.3) is 0 Å². The van der Waals surface area contributed by atoms with Gasteiger partial charge in [-0.15, -0.1) is 0 Å². The highest BCUT2D eigenvalue weighted by atomic mass is 19.1. The van der Waals surface area contributed by atoms with Crippen LogP contribution < -0.4 is 5.73 Å². The number of nitrogens with two attached hydrogens (primary N) is 1. The fourth-order valence-electron chi connectivity index (χ4n) is 1.09. The summed E-state index contributed by atoms with van der Waals surface area (Å²) < 4.78 is 30.6. The minimum Gasteiger partial charge on any atom is -0.465 e. The van der Waals surface area contributed by atoms with Crippen LogP contribution in [-0.2, 0) is 9.53 Å². The van der Waals surface area contributed by atoms with Gasteiger partial charge >= 0.3 is 5.97 Å². The molecule has 0 saturated carbocycles. The molecule has 0 saturated heterocycles. The maximum absolute atomic E-state index is 13.2. The average Bonchev–Trinajstić information content (AvgIpc) is 2.26. The summed E-state index contributed by atoms with van der Waals surface area (Å²) >= 11 is 0. The van der Waals surface area contributed by atoms with Crippen molar-refractivity contribution in [1.82, 2.24) is 0 Å². The van der Waals surface area contributed by atoms with E-state index in [1.54, 1.807) is 6.92 Å². The normalized spacial score (nSPS) is 9.35. The van der Waals surface area contributed by atoms with Crippen molar-refractivity contribution in [3.8, 4) is 11.8 Å². The SMILES string of the molecule is CCOC(=O)CC#Cc1cc(N)c(F)cc1F. The van der Waals surface area contributed by atoms with Crippen LogP contribution in [0.25, 0.3) is 0 Å². The fraction of sp³-hybridized carbons (Fsp3) is 0.250. The van der Waals surface area contributed by atoms with E-state index in [2.05, 4.69) is 16.6 Å². The average molecular weight is 239 g/mol. The zero-order valence-corrected chi connectivity index (χ0v) is 9.22. The summed E-state index contributed by atoms with van der Waals surface area (Å²) in [4.78, 5) is 10.9. The molecule has 0 unspecified atom stereocenters. The Bertz CT molecular complexity index is 489. The predicted molar refractivity (Wildman–Crippen MR) is 58.9 cm³/mol. The first-order valence-corrected chi connectivity index (χ1v) is 4.93. The van der Waals surface area contributed by atoms with Gasteiger partial charge in [0, 0.05) is 6.07 Å². The highest BCUT2D eigenvalue weighted by Gasteiger charge is 2.05. The van der Waals surface area contributed by atoms with E-state index in [1.807, 2.05) is 0 Å². The van der Waals surface area contributed by atoms with Gasteiger partial charge in [-0.25, -0.2) is 8.78 Å². The van der Waals surface area contributed by atoms with Gasteiger partial charge in [0.1, 0.15) is 18.1 Å². The van der Waals surface area contributed by atoms with Crippen LogP contribution in [0.2, 0.25) is 0 Å². The number of ether oxygens (including phenoxy) is 1. The lowest BCUT2D eigenvalue weighted by Gasteiger charge is -1.99. The summed E-state index contributed by atoms with van der Waals surface area (Å²) in [6.45, 7) is 1.93. The van der Waals surface area contributed by atoms with Crippen LogP contribution in [0.15, 0.2) is 12.1 Å². The largest absolute Gasteiger partial charge is 0.465 e. The molecule has 0 heterocycles. The third kappa shape index (κ3) is 3.76. The van der Waals surface area contributed by atoms with E-state index >= 15 is 0 Å². The lowest BCUT2D eigenvalue weighted by atomic mass is 10.2. The summed E-state index contributed by atoms with van der Waals surface area (Å²) in [7, 11) is 0. The van der Waals surface area contributed by atoms with Crippen molar-refractivity contribution in [2.75, 3.05) is 12.3 Å². The van der Waals surface area contributed by atoms with Crippen molar-refractivity contribution in [3.05, 3.63) is 29.3 Å². The minimum absolute atomic E-state index is 0.0480. The third-order valence-electron chi connectivity index (χ3n) is 1.85. The molecule has 0 aliphatic carbocycles. The minimum atomic E-state index is -0.835. The molecule has 1 aromatic carbocycles. The Morgan fingerprint density at radius 2 is 2.12 bits per heavy atom. The summed E-state index contributed by atoms with van der Waals surface area (Å²) in [5.41, 5.74) is 5.03. The number of esters is 1. The van der Waals surface area contributed by atoms with E-state index < -0.39 is 17.6 Å². The summed E-state index contributed by atoms with van der Waals surface area (Å²) in [6, 6.07) is 1.74. The van der Waals surface area contributed by atoms with Gasteiger partial charge in [0.2, 0.25) is 0 Å².